The zero-order valence-electron chi connectivity index (χ0n) is 16.1. The molecule has 0 saturated carbocycles. The first-order chi connectivity index (χ1) is 13.7. The number of aryl methyl sites for hydroxylation is 2. The molecule has 28 heavy (non-hydrogen) atoms. The van der Waals surface area contributed by atoms with Crippen LogP contribution < -0.4 is 10.6 Å². The molecule has 0 spiro atoms. The Hall–Kier alpha value is -3.58. The lowest BCUT2D eigenvalue weighted by Gasteiger charge is -2.14. The molecular formula is C24H23N3O. The van der Waals surface area contributed by atoms with E-state index in [9.17, 15) is 10.1 Å². The number of nitrogens with one attached hydrogen (secondary N) is 2. The van der Waals surface area contributed by atoms with Crippen LogP contribution in [-0.2, 0) is 17.6 Å². The average molecular weight is 369 g/mol. The molecule has 4 nitrogen and oxygen atoms in total. The van der Waals surface area contributed by atoms with Crippen LogP contribution in [0.2, 0.25) is 0 Å². The molecule has 4 heteroatoms. The maximum Gasteiger partial charge on any atom is 0.267 e. The summed E-state index contributed by atoms with van der Waals surface area (Å²) in [5.74, 6) is -0.411. The van der Waals surface area contributed by atoms with Crippen molar-refractivity contribution in [3.05, 3.63) is 83.6 Å². The summed E-state index contributed by atoms with van der Waals surface area (Å²) in [6.07, 6.45) is 3.08. The Morgan fingerprint density at radius 2 is 1.64 bits per heavy atom. The standard InChI is InChI=1S/C24H23N3O/c1-3-17-10-7-11-18(4-2)23(17)27-24(28)21(15-25)16-26-22-13-12-19-8-5-6-9-20(19)14-22/h5-14,16,26H,3-4H2,1-2H3,(H,27,28)/b21-16-. The number of carbonyl (C=O) groups is 1. The predicted octanol–water partition coefficient (Wildman–Crippen LogP) is 5.42. The number of amides is 1. The lowest BCUT2D eigenvalue weighted by molar-refractivity contribution is -0.112. The second-order valence-electron chi connectivity index (χ2n) is 6.49. The van der Waals surface area contributed by atoms with Gasteiger partial charge in [0, 0.05) is 17.6 Å². The van der Waals surface area contributed by atoms with Gasteiger partial charge in [0.25, 0.3) is 5.91 Å². The molecule has 1 amide bonds. The number of benzene rings is 3. The molecule has 2 N–H and O–H groups in total. The normalized spacial score (nSPS) is 11.1. The molecule has 3 rings (SSSR count). The minimum absolute atomic E-state index is 0.0288. The highest BCUT2D eigenvalue weighted by molar-refractivity contribution is 6.07. The lowest BCUT2D eigenvalue weighted by Crippen LogP contribution is -2.17. The van der Waals surface area contributed by atoms with Crippen LogP contribution in [0.1, 0.15) is 25.0 Å². The Morgan fingerprint density at radius 3 is 2.29 bits per heavy atom. The van der Waals surface area contributed by atoms with Crippen molar-refractivity contribution in [1.82, 2.24) is 0 Å². The molecule has 0 unspecified atom stereocenters. The number of fused-ring (bicyclic) bond motifs is 1. The molecule has 0 aromatic heterocycles. The Kier molecular flexibility index (Phi) is 6.08. The maximum absolute atomic E-state index is 12.7. The van der Waals surface area contributed by atoms with Crippen molar-refractivity contribution < 1.29 is 4.79 Å². The van der Waals surface area contributed by atoms with Gasteiger partial charge in [-0.25, -0.2) is 0 Å². The maximum atomic E-state index is 12.7. The fraction of sp³-hybridized carbons (Fsp3) is 0.167. The third-order valence-electron chi connectivity index (χ3n) is 4.74. The highest BCUT2D eigenvalue weighted by Crippen LogP contribution is 2.23. The molecule has 3 aromatic rings. The smallest absolute Gasteiger partial charge is 0.267 e. The van der Waals surface area contributed by atoms with E-state index in [4.69, 9.17) is 0 Å². The molecule has 140 valence electrons. The second kappa shape index (κ2) is 8.88. The summed E-state index contributed by atoms with van der Waals surface area (Å²) in [5.41, 5.74) is 3.79. The number of para-hydroxylation sites is 1. The second-order valence-corrected chi connectivity index (χ2v) is 6.49. The quantitative estimate of drug-likeness (QED) is 0.450. The molecule has 0 bridgehead atoms. The lowest BCUT2D eigenvalue weighted by atomic mass is 10.0. The van der Waals surface area contributed by atoms with Crippen LogP contribution in [0.15, 0.2) is 72.4 Å². The topological polar surface area (TPSA) is 64.9 Å². The van der Waals surface area contributed by atoms with Gasteiger partial charge in [0.15, 0.2) is 0 Å². The summed E-state index contributed by atoms with van der Waals surface area (Å²) < 4.78 is 0. The molecule has 0 saturated heterocycles. The molecule has 0 heterocycles. The molecule has 0 aliphatic rings. The van der Waals surface area contributed by atoms with Crippen LogP contribution in [0, 0.1) is 11.3 Å². The van der Waals surface area contributed by atoms with Gasteiger partial charge in [-0.15, -0.1) is 0 Å². The van der Waals surface area contributed by atoms with E-state index in [0.717, 1.165) is 46.1 Å². The average Bonchev–Trinajstić information content (AvgIpc) is 2.74. The van der Waals surface area contributed by atoms with E-state index >= 15 is 0 Å². The highest BCUT2D eigenvalue weighted by atomic mass is 16.1. The van der Waals surface area contributed by atoms with Crippen LogP contribution in [0.5, 0.6) is 0 Å². The van der Waals surface area contributed by atoms with Crippen LogP contribution >= 0.6 is 0 Å². The molecule has 0 radical (unpaired) electrons. The van der Waals surface area contributed by atoms with Crippen molar-refractivity contribution in [2.24, 2.45) is 0 Å². The van der Waals surface area contributed by atoms with Crippen molar-refractivity contribution in [3.63, 3.8) is 0 Å². The van der Waals surface area contributed by atoms with Crippen LogP contribution in [0.25, 0.3) is 10.8 Å². The summed E-state index contributed by atoms with van der Waals surface area (Å²) in [6.45, 7) is 4.10. The van der Waals surface area contributed by atoms with Gasteiger partial charge in [-0.3, -0.25) is 4.79 Å². The van der Waals surface area contributed by atoms with Gasteiger partial charge in [0.05, 0.1) is 0 Å². The summed E-state index contributed by atoms with van der Waals surface area (Å²) in [7, 11) is 0. The fourth-order valence-corrected chi connectivity index (χ4v) is 3.17. The number of anilines is 2. The van der Waals surface area contributed by atoms with Crippen LogP contribution in [0.3, 0.4) is 0 Å². The van der Waals surface area contributed by atoms with Gasteiger partial charge in [-0.1, -0.05) is 62.4 Å². The van der Waals surface area contributed by atoms with Crippen molar-refractivity contribution in [3.8, 4) is 6.07 Å². The minimum Gasteiger partial charge on any atom is -0.360 e. The van der Waals surface area contributed by atoms with Crippen LogP contribution in [0.4, 0.5) is 11.4 Å². The number of carbonyl (C=O) groups excluding carboxylic acids is 1. The van der Waals surface area contributed by atoms with Crippen molar-refractivity contribution in [1.29, 1.82) is 5.26 Å². The zero-order chi connectivity index (χ0) is 19.9. The first-order valence-electron chi connectivity index (χ1n) is 9.44. The van der Waals surface area contributed by atoms with Crippen molar-refractivity contribution in [2.45, 2.75) is 26.7 Å². The van der Waals surface area contributed by atoms with Crippen LogP contribution in [-0.4, -0.2) is 5.91 Å². The number of nitrogens with zero attached hydrogens (tertiary/aromatic N) is 1. The summed E-state index contributed by atoms with van der Waals surface area (Å²) in [4.78, 5) is 12.7. The number of nitriles is 1. The van der Waals surface area contributed by atoms with E-state index in [1.807, 2.05) is 80.6 Å². The van der Waals surface area contributed by atoms with Gasteiger partial charge >= 0.3 is 0 Å². The summed E-state index contributed by atoms with van der Waals surface area (Å²) in [5, 5.41) is 17.7. The van der Waals surface area contributed by atoms with E-state index in [-0.39, 0.29) is 5.57 Å². The summed E-state index contributed by atoms with van der Waals surface area (Å²) in [6, 6.07) is 21.9. The SMILES string of the molecule is CCc1cccc(CC)c1NC(=O)/C(C#N)=C\Nc1ccc2ccccc2c1. The van der Waals surface area contributed by atoms with Gasteiger partial charge in [0.1, 0.15) is 11.6 Å². The molecule has 0 atom stereocenters. The molecule has 0 aliphatic heterocycles. The highest BCUT2D eigenvalue weighted by Gasteiger charge is 2.14. The van der Waals surface area contributed by atoms with Crippen molar-refractivity contribution in [2.75, 3.05) is 10.6 Å². The number of hydrogen-bond donors (Lipinski definition) is 2. The predicted molar refractivity (Wildman–Crippen MR) is 115 cm³/mol. The first-order valence-corrected chi connectivity index (χ1v) is 9.44. The van der Waals surface area contributed by atoms with Crippen molar-refractivity contribution >= 4 is 28.1 Å². The molecular weight excluding hydrogens is 346 g/mol. The molecule has 0 fully saturated rings. The number of hydrogen-bond acceptors (Lipinski definition) is 3. The molecule has 3 aromatic carbocycles. The monoisotopic (exact) mass is 369 g/mol. The Labute approximate surface area is 165 Å². The zero-order valence-corrected chi connectivity index (χ0v) is 16.1. The Balaban J connectivity index is 1.81. The largest absolute Gasteiger partial charge is 0.360 e. The Bertz CT molecular complexity index is 1050. The van der Waals surface area contributed by atoms with E-state index < -0.39 is 5.91 Å². The van der Waals surface area contributed by atoms with E-state index in [1.165, 1.54) is 6.20 Å². The third kappa shape index (κ3) is 4.21. The van der Waals surface area contributed by atoms with Gasteiger partial charge in [-0.2, -0.15) is 5.26 Å². The first kappa shape index (κ1) is 19.2. The van der Waals surface area contributed by atoms with Gasteiger partial charge in [-0.05, 0) is 46.9 Å². The van der Waals surface area contributed by atoms with Gasteiger partial charge in [0.2, 0.25) is 0 Å². The van der Waals surface area contributed by atoms with E-state index in [0.29, 0.717) is 0 Å². The third-order valence-corrected chi connectivity index (χ3v) is 4.74. The Morgan fingerprint density at radius 1 is 0.964 bits per heavy atom. The van der Waals surface area contributed by atoms with E-state index in [1.54, 1.807) is 0 Å². The minimum atomic E-state index is -0.411. The number of rotatable bonds is 6. The fourth-order valence-electron chi connectivity index (χ4n) is 3.17. The molecule has 0 aliphatic carbocycles. The van der Waals surface area contributed by atoms with E-state index in [2.05, 4.69) is 10.6 Å². The van der Waals surface area contributed by atoms with Gasteiger partial charge < -0.3 is 10.6 Å². The summed E-state index contributed by atoms with van der Waals surface area (Å²) >= 11 is 0.